The average molecular weight is 255 g/mol. The predicted molar refractivity (Wildman–Crippen MR) is 72.1 cm³/mol. The van der Waals surface area contributed by atoms with Crippen molar-refractivity contribution in [3.8, 4) is 6.07 Å². The fourth-order valence-corrected chi connectivity index (χ4v) is 1.86. The lowest BCUT2D eigenvalue weighted by atomic mass is 10.2. The molecule has 0 spiro atoms. The van der Waals surface area contributed by atoms with Gasteiger partial charge in [0.2, 0.25) is 0 Å². The summed E-state index contributed by atoms with van der Waals surface area (Å²) in [5, 5.41) is 8.73. The number of anilines is 1. The van der Waals surface area contributed by atoms with E-state index in [0.717, 1.165) is 17.9 Å². The van der Waals surface area contributed by atoms with E-state index in [4.69, 9.17) is 5.26 Å². The van der Waals surface area contributed by atoms with Gasteiger partial charge in [0, 0.05) is 18.4 Å². The van der Waals surface area contributed by atoms with E-state index in [-0.39, 0.29) is 5.56 Å². The quantitative estimate of drug-likeness (QED) is 0.842. The van der Waals surface area contributed by atoms with Crippen LogP contribution in [0.2, 0.25) is 0 Å². The summed E-state index contributed by atoms with van der Waals surface area (Å²) >= 11 is 0. The lowest BCUT2D eigenvalue weighted by molar-refractivity contribution is 0.622. The number of rotatable bonds is 4. The van der Waals surface area contributed by atoms with Crippen molar-refractivity contribution in [2.75, 3.05) is 11.4 Å². The normalized spacial score (nSPS) is 9.95. The zero-order valence-electron chi connectivity index (χ0n) is 10.7. The topological polar surface area (TPSA) is 39.9 Å². The van der Waals surface area contributed by atoms with E-state index in [1.807, 2.05) is 36.1 Å². The number of aromatic nitrogens is 1. The molecule has 0 fully saturated rings. The van der Waals surface area contributed by atoms with Crippen molar-refractivity contribution in [2.24, 2.45) is 0 Å². The Hall–Kier alpha value is -2.41. The average Bonchev–Trinajstić information content (AvgIpc) is 2.46. The summed E-state index contributed by atoms with van der Waals surface area (Å²) in [6, 6.07) is 12.2. The van der Waals surface area contributed by atoms with Crippen molar-refractivity contribution in [1.82, 2.24) is 4.98 Å². The molecule has 0 aliphatic heterocycles. The molecule has 0 atom stereocenters. The number of benzene rings is 1. The Labute approximate surface area is 111 Å². The maximum absolute atomic E-state index is 13.6. The molecule has 0 amide bonds. The first kappa shape index (κ1) is 13.0. The van der Waals surface area contributed by atoms with Gasteiger partial charge in [0.25, 0.3) is 0 Å². The summed E-state index contributed by atoms with van der Waals surface area (Å²) in [7, 11) is 0. The van der Waals surface area contributed by atoms with Crippen LogP contribution in [0, 0.1) is 17.1 Å². The van der Waals surface area contributed by atoms with E-state index in [9.17, 15) is 4.39 Å². The van der Waals surface area contributed by atoms with Gasteiger partial charge in [0.15, 0.2) is 0 Å². The number of nitriles is 1. The van der Waals surface area contributed by atoms with Crippen molar-refractivity contribution < 1.29 is 4.39 Å². The molecule has 2 rings (SSSR count). The fourth-order valence-electron chi connectivity index (χ4n) is 1.86. The minimum Gasteiger partial charge on any atom is -0.366 e. The Morgan fingerprint density at radius 2 is 2.16 bits per heavy atom. The molecule has 0 bridgehead atoms. The molecule has 19 heavy (non-hydrogen) atoms. The summed E-state index contributed by atoms with van der Waals surface area (Å²) in [5.41, 5.74) is 1.75. The Balaban J connectivity index is 2.23. The summed E-state index contributed by atoms with van der Waals surface area (Å²) in [5.74, 6) is -0.487. The first-order valence-electron chi connectivity index (χ1n) is 6.09. The Morgan fingerprint density at radius 1 is 1.32 bits per heavy atom. The lowest BCUT2D eigenvalue weighted by Gasteiger charge is -2.22. The van der Waals surface area contributed by atoms with Crippen LogP contribution in [-0.2, 0) is 6.54 Å². The summed E-state index contributed by atoms with van der Waals surface area (Å²) in [6.07, 6.45) is 1.74. The van der Waals surface area contributed by atoms with E-state index in [1.54, 1.807) is 12.3 Å². The molecule has 0 saturated carbocycles. The number of nitrogens with zero attached hydrogens (tertiary/aromatic N) is 3. The Kier molecular flexibility index (Phi) is 4.09. The molecule has 0 aliphatic carbocycles. The molecule has 0 N–H and O–H groups in total. The molecule has 2 aromatic rings. The highest BCUT2D eigenvalue weighted by Crippen LogP contribution is 2.19. The summed E-state index contributed by atoms with van der Waals surface area (Å²) in [4.78, 5) is 6.27. The van der Waals surface area contributed by atoms with Gasteiger partial charge >= 0.3 is 0 Å². The largest absolute Gasteiger partial charge is 0.366 e. The van der Waals surface area contributed by atoms with Gasteiger partial charge in [-0.15, -0.1) is 0 Å². The number of hydrogen-bond acceptors (Lipinski definition) is 3. The lowest BCUT2D eigenvalue weighted by Crippen LogP contribution is -2.22. The van der Waals surface area contributed by atoms with E-state index in [0.29, 0.717) is 6.54 Å². The molecule has 0 saturated heterocycles. The summed E-state index contributed by atoms with van der Waals surface area (Å²) < 4.78 is 13.6. The number of halogens is 1. The maximum atomic E-state index is 13.6. The Bertz CT molecular complexity index is 590. The zero-order chi connectivity index (χ0) is 13.7. The van der Waals surface area contributed by atoms with Gasteiger partial charge in [0.05, 0.1) is 17.8 Å². The number of pyridine rings is 1. The standard InChI is InChI=1S/C15H14FN3/c1-2-19(11-13-5-3-4-8-18-13)14-7-6-12(10-17)15(16)9-14/h3-9H,2,11H2,1H3. The first-order valence-corrected chi connectivity index (χ1v) is 6.09. The molecule has 1 aromatic carbocycles. The molecule has 0 unspecified atom stereocenters. The third-order valence-corrected chi connectivity index (χ3v) is 2.90. The van der Waals surface area contributed by atoms with Crippen LogP contribution in [-0.4, -0.2) is 11.5 Å². The third kappa shape index (κ3) is 3.08. The minimum absolute atomic E-state index is 0.0673. The van der Waals surface area contributed by atoms with Crippen molar-refractivity contribution in [2.45, 2.75) is 13.5 Å². The van der Waals surface area contributed by atoms with Gasteiger partial charge in [-0.2, -0.15) is 5.26 Å². The minimum atomic E-state index is -0.487. The monoisotopic (exact) mass is 255 g/mol. The maximum Gasteiger partial charge on any atom is 0.143 e. The van der Waals surface area contributed by atoms with Gasteiger partial charge in [-0.1, -0.05) is 6.07 Å². The van der Waals surface area contributed by atoms with E-state index in [1.165, 1.54) is 12.1 Å². The highest BCUT2D eigenvalue weighted by Gasteiger charge is 2.09. The zero-order valence-corrected chi connectivity index (χ0v) is 10.7. The van der Waals surface area contributed by atoms with Crippen LogP contribution in [0.15, 0.2) is 42.6 Å². The molecule has 96 valence electrons. The van der Waals surface area contributed by atoms with Crippen molar-refractivity contribution in [1.29, 1.82) is 5.26 Å². The summed E-state index contributed by atoms with van der Waals surface area (Å²) in [6.45, 7) is 3.35. The molecular weight excluding hydrogens is 241 g/mol. The number of hydrogen-bond donors (Lipinski definition) is 0. The van der Waals surface area contributed by atoms with Crippen LogP contribution < -0.4 is 4.90 Å². The van der Waals surface area contributed by atoms with E-state index >= 15 is 0 Å². The van der Waals surface area contributed by atoms with Crippen LogP contribution in [0.3, 0.4) is 0 Å². The van der Waals surface area contributed by atoms with E-state index in [2.05, 4.69) is 4.98 Å². The predicted octanol–water partition coefficient (Wildman–Crippen LogP) is 3.12. The first-order chi connectivity index (χ1) is 9.24. The van der Waals surface area contributed by atoms with Gasteiger partial charge < -0.3 is 4.90 Å². The van der Waals surface area contributed by atoms with Crippen LogP contribution in [0.5, 0.6) is 0 Å². The smallest absolute Gasteiger partial charge is 0.143 e. The van der Waals surface area contributed by atoms with Crippen molar-refractivity contribution in [3.63, 3.8) is 0 Å². The SMILES string of the molecule is CCN(Cc1ccccn1)c1ccc(C#N)c(F)c1. The molecule has 4 heteroatoms. The van der Waals surface area contributed by atoms with Crippen LogP contribution in [0.4, 0.5) is 10.1 Å². The van der Waals surface area contributed by atoms with Gasteiger partial charge in [-0.25, -0.2) is 4.39 Å². The third-order valence-electron chi connectivity index (χ3n) is 2.90. The van der Waals surface area contributed by atoms with Gasteiger partial charge in [-0.05, 0) is 37.3 Å². The van der Waals surface area contributed by atoms with Crippen LogP contribution in [0.25, 0.3) is 0 Å². The van der Waals surface area contributed by atoms with Crippen LogP contribution >= 0.6 is 0 Å². The second-order valence-electron chi connectivity index (χ2n) is 4.11. The van der Waals surface area contributed by atoms with Gasteiger partial charge in [-0.3, -0.25) is 4.98 Å². The molecule has 3 nitrogen and oxygen atoms in total. The molecular formula is C15H14FN3. The highest BCUT2D eigenvalue weighted by molar-refractivity contribution is 5.50. The highest BCUT2D eigenvalue weighted by atomic mass is 19.1. The second kappa shape index (κ2) is 5.96. The fraction of sp³-hybridized carbons (Fsp3) is 0.200. The Morgan fingerprint density at radius 3 is 2.74 bits per heavy atom. The van der Waals surface area contributed by atoms with E-state index < -0.39 is 5.82 Å². The second-order valence-corrected chi connectivity index (χ2v) is 4.11. The van der Waals surface area contributed by atoms with Crippen LogP contribution in [0.1, 0.15) is 18.2 Å². The van der Waals surface area contributed by atoms with Gasteiger partial charge in [0.1, 0.15) is 11.9 Å². The van der Waals surface area contributed by atoms with Crippen molar-refractivity contribution >= 4 is 5.69 Å². The molecule has 1 heterocycles. The molecule has 0 radical (unpaired) electrons. The molecule has 1 aromatic heterocycles. The van der Waals surface area contributed by atoms with Crippen molar-refractivity contribution in [3.05, 3.63) is 59.7 Å². The molecule has 0 aliphatic rings.